The fraction of sp³-hybridized carbons (Fsp3) is 0.154. The number of anilines is 1. The Bertz CT molecular complexity index is 676. The summed E-state index contributed by atoms with van der Waals surface area (Å²) in [5, 5.41) is 10.3. The van der Waals surface area contributed by atoms with E-state index < -0.39 is 23.7 Å². The fourth-order valence-electron chi connectivity index (χ4n) is 1.79. The van der Waals surface area contributed by atoms with Crippen LogP contribution in [0.5, 0.6) is 0 Å². The molecule has 0 radical (unpaired) electrons. The summed E-state index contributed by atoms with van der Waals surface area (Å²) >= 11 is 5.71. The highest BCUT2D eigenvalue weighted by atomic mass is 35.5. The molecule has 0 aliphatic rings. The number of alkyl halides is 3. The van der Waals surface area contributed by atoms with E-state index in [-0.39, 0.29) is 22.0 Å². The first kappa shape index (κ1) is 15.5. The average Bonchev–Trinajstić information content (AvgIpc) is 2.40. The maximum Gasteiger partial charge on any atom is 0.419 e. The van der Waals surface area contributed by atoms with Crippen molar-refractivity contribution in [3.8, 4) is 0 Å². The van der Waals surface area contributed by atoms with Gasteiger partial charge in [0, 0.05) is 11.8 Å². The highest BCUT2D eigenvalue weighted by Gasteiger charge is 2.34. The Balaban J connectivity index is 2.49. The molecule has 21 heavy (non-hydrogen) atoms. The van der Waals surface area contributed by atoms with Gasteiger partial charge in [0.1, 0.15) is 17.7 Å². The van der Waals surface area contributed by atoms with E-state index in [1.54, 1.807) is 0 Å². The Morgan fingerprint density at radius 2 is 1.90 bits per heavy atom. The number of nitrogens with zero attached hydrogens (tertiary/aromatic N) is 1. The summed E-state index contributed by atoms with van der Waals surface area (Å²) in [4.78, 5) is 3.70. The van der Waals surface area contributed by atoms with Crippen LogP contribution in [0, 0.1) is 5.82 Å². The number of pyridine rings is 1. The largest absolute Gasteiger partial charge is 0.419 e. The zero-order valence-corrected chi connectivity index (χ0v) is 11.1. The third-order valence-corrected chi connectivity index (χ3v) is 3.03. The molecule has 0 bridgehead atoms. The number of rotatable bonds is 2. The summed E-state index contributed by atoms with van der Waals surface area (Å²) in [6.07, 6.45) is -5.13. The van der Waals surface area contributed by atoms with Crippen molar-refractivity contribution in [2.75, 3.05) is 5.73 Å². The van der Waals surface area contributed by atoms with E-state index in [4.69, 9.17) is 17.3 Å². The Kier molecular flexibility index (Phi) is 4.06. The summed E-state index contributed by atoms with van der Waals surface area (Å²) in [6.45, 7) is 0. The maximum absolute atomic E-state index is 13.2. The van der Waals surface area contributed by atoms with Crippen LogP contribution in [0.4, 0.5) is 23.4 Å². The number of hydrogen-bond acceptors (Lipinski definition) is 3. The number of halogens is 5. The van der Waals surface area contributed by atoms with Crippen molar-refractivity contribution >= 4 is 17.4 Å². The van der Waals surface area contributed by atoms with Gasteiger partial charge >= 0.3 is 6.18 Å². The molecule has 2 aromatic rings. The van der Waals surface area contributed by atoms with Crippen LogP contribution in [0.15, 0.2) is 30.5 Å². The third-order valence-electron chi connectivity index (χ3n) is 2.82. The first-order valence-corrected chi connectivity index (χ1v) is 6.03. The van der Waals surface area contributed by atoms with Crippen LogP contribution >= 0.6 is 11.6 Å². The van der Waals surface area contributed by atoms with E-state index in [0.717, 1.165) is 6.07 Å². The first-order chi connectivity index (χ1) is 9.70. The number of hydrogen-bond donors (Lipinski definition) is 2. The maximum atomic E-state index is 13.2. The lowest BCUT2D eigenvalue weighted by Gasteiger charge is -2.16. The van der Waals surface area contributed by atoms with Crippen LogP contribution in [0.2, 0.25) is 5.02 Å². The van der Waals surface area contributed by atoms with Gasteiger partial charge in [0.25, 0.3) is 0 Å². The average molecular weight is 321 g/mol. The highest BCUT2D eigenvalue weighted by molar-refractivity contribution is 6.30. The molecule has 1 atom stereocenters. The van der Waals surface area contributed by atoms with Gasteiger partial charge in [-0.25, -0.2) is 9.37 Å². The zero-order valence-electron chi connectivity index (χ0n) is 10.3. The second kappa shape index (κ2) is 5.50. The Labute approximate surface area is 122 Å². The highest BCUT2D eigenvalue weighted by Crippen LogP contribution is 2.35. The molecule has 8 heteroatoms. The molecule has 0 fully saturated rings. The molecule has 1 aromatic carbocycles. The van der Waals surface area contributed by atoms with Crippen molar-refractivity contribution < 1.29 is 22.7 Å². The van der Waals surface area contributed by atoms with Crippen molar-refractivity contribution in [1.29, 1.82) is 0 Å². The number of nitrogen functional groups attached to an aromatic ring is 1. The minimum atomic E-state index is -4.86. The van der Waals surface area contributed by atoms with E-state index in [9.17, 15) is 22.7 Å². The van der Waals surface area contributed by atoms with Crippen molar-refractivity contribution in [2.24, 2.45) is 0 Å². The summed E-state index contributed by atoms with van der Waals surface area (Å²) < 4.78 is 51.2. The molecule has 0 saturated carbocycles. The zero-order chi connectivity index (χ0) is 15.8. The topological polar surface area (TPSA) is 59.1 Å². The van der Waals surface area contributed by atoms with Gasteiger partial charge in [0.05, 0.1) is 10.6 Å². The van der Waals surface area contributed by atoms with E-state index in [0.29, 0.717) is 12.1 Å². The molecule has 3 nitrogen and oxygen atoms in total. The van der Waals surface area contributed by atoms with Gasteiger partial charge in [-0.3, -0.25) is 0 Å². The molecule has 3 N–H and O–H groups in total. The summed E-state index contributed by atoms with van der Waals surface area (Å²) in [5.41, 5.74) is 3.97. The number of aliphatic hydroxyl groups is 1. The number of aromatic nitrogens is 1. The quantitative estimate of drug-likeness (QED) is 0.832. The van der Waals surface area contributed by atoms with Gasteiger partial charge in [-0.15, -0.1) is 0 Å². The SMILES string of the molecule is Nc1ncc(Cl)cc1C(O)c1ccc(F)c(C(F)(F)F)c1. The molecule has 0 spiro atoms. The molecule has 1 heterocycles. The van der Waals surface area contributed by atoms with Crippen molar-refractivity contribution in [2.45, 2.75) is 12.3 Å². The van der Waals surface area contributed by atoms with Crippen LogP contribution in [0.1, 0.15) is 22.8 Å². The van der Waals surface area contributed by atoms with Gasteiger partial charge < -0.3 is 10.8 Å². The number of aliphatic hydroxyl groups excluding tert-OH is 1. The van der Waals surface area contributed by atoms with E-state index in [1.165, 1.54) is 12.3 Å². The minimum absolute atomic E-state index is 0.0437. The molecule has 0 aliphatic heterocycles. The van der Waals surface area contributed by atoms with Crippen LogP contribution in [0.3, 0.4) is 0 Å². The molecular weight excluding hydrogens is 312 g/mol. The lowest BCUT2D eigenvalue weighted by Crippen LogP contribution is -2.11. The van der Waals surface area contributed by atoms with Gasteiger partial charge in [0.15, 0.2) is 0 Å². The van der Waals surface area contributed by atoms with E-state index in [1.807, 2.05) is 0 Å². The smallest absolute Gasteiger partial charge is 0.384 e. The summed E-state index contributed by atoms with van der Waals surface area (Å²) in [7, 11) is 0. The molecule has 0 saturated heterocycles. The van der Waals surface area contributed by atoms with Crippen LogP contribution < -0.4 is 5.73 Å². The molecule has 2 rings (SSSR count). The molecule has 1 aromatic heterocycles. The molecular formula is C13H9ClF4N2O. The van der Waals surface area contributed by atoms with Crippen LogP contribution in [-0.4, -0.2) is 10.1 Å². The van der Waals surface area contributed by atoms with Gasteiger partial charge in [-0.05, 0) is 23.8 Å². The first-order valence-electron chi connectivity index (χ1n) is 5.66. The lowest BCUT2D eigenvalue weighted by atomic mass is 9.99. The standard InChI is InChI=1S/C13H9ClF4N2O/c14-7-4-8(12(19)20-5-7)11(21)6-1-2-10(15)9(3-6)13(16,17)18/h1-5,11,21H,(H2,19,20). The molecule has 112 valence electrons. The molecule has 0 aliphatic carbocycles. The summed E-state index contributed by atoms with van der Waals surface area (Å²) in [5.74, 6) is -1.50. The second-order valence-electron chi connectivity index (χ2n) is 4.27. The van der Waals surface area contributed by atoms with Gasteiger partial charge in [0.2, 0.25) is 0 Å². The Morgan fingerprint density at radius 1 is 1.24 bits per heavy atom. The predicted octanol–water partition coefficient (Wildman–Crippen LogP) is 3.56. The van der Waals surface area contributed by atoms with Crippen LogP contribution in [-0.2, 0) is 6.18 Å². The van der Waals surface area contributed by atoms with E-state index in [2.05, 4.69) is 4.98 Å². The predicted molar refractivity (Wildman–Crippen MR) is 69.1 cm³/mol. The normalized spacial score (nSPS) is 13.2. The minimum Gasteiger partial charge on any atom is -0.384 e. The number of benzene rings is 1. The van der Waals surface area contributed by atoms with Crippen molar-refractivity contribution in [3.63, 3.8) is 0 Å². The van der Waals surface area contributed by atoms with Crippen molar-refractivity contribution in [3.05, 3.63) is 58.0 Å². The van der Waals surface area contributed by atoms with Crippen LogP contribution in [0.25, 0.3) is 0 Å². The van der Waals surface area contributed by atoms with Crippen molar-refractivity contribution in [1.82, 2.24) is 4.98 Å². The molecule has 0 amide bonds. The fourth-order valence-corrected chi connectivity index (χ4v) is 1.96. The molecule has 1 unspecified atom stereocenters. The Hall–Kier alpha value is -1.86. The lowest BCUT2D eigenvalue weighted by molar-refractivity contribution is -0.140. The second-order valence-corrected chi connectivity index (χ2v) is 4.70. The van der Waals surface area contributed by atoms with Gasteiger partial charge in [-0.1, -0.05) is 17.7 Å². The van der Waals surface area contributed by atoms with E-state index >= 15 is 0 Å². The van der Waals surface area contributed by atoms with Gasteiger partial charge in [-0.2, -0.15) is 13.2 Å². The third kappa shape index (κ3) is 3.25. The monoisotopic (exact) mass is 320 g/mol. The summed E-state index contributed by atoms with van der Waals surface area (Å²) in [6, 6.07) is 3.48. The number of nitrogens with two attached hydrogens (primary N) is 1. The Morgan fingerprint density at radius 3 is 2.52 bits per heavy atom.